The quantitative estimate of drug-likeness (QED) is 0.861. The number of rotatable bonds is 6. The molecule has 4 nitrogen and oxygen atoms in total. The van der Waals surface area contributed by atoms with Crippen LogP contribution in [0.2, 0.25) is 0 Å². The molecule has 4 heteroatoms. The summed E-state index contributed by atoms with van der Waals surface area (Å²) in [5.74, 6) is -0.265. The van der Waals surface area contributed by atoms with Crippen molar-refractivity contribution in [3.63, 3.8) is 0 Å². The molecule has 2 N–H and O–H groups in total. The van der Waals surface area contributed by atoms with Gasteiger partial charge in [0.15, 0.2) is 0 Å². The maximum Gasteiger partial charge on any atom is 0.251 e. The van der Waals surface area contributed by atoms with Gasteiger partial charge in [-0.1, -0.05) is 48.5 Å². The van der Waals surface area contributed by atoms with E-state index >= 15 is 0 Å². The van der Waals surface area contributed by atoms with Crippen LogP contribution in [-0.4, -0.2) is 17.9 Å². The highest BCUT2D eigenvalue weighted by Gasteiger charge is 2.19. The molecule has 0 saturated heterocycles. The molecule has 23 heavy (non-hydrogen) atoms. The standard InChI is InChI=1S/C19H22N2O2/c1-14(2)20-18(22)13-17(15-9-5-3-6-10-15)21-19(23)16-11-7-4-8-12-16/h3-12,14,17H,13H2,1-2H3,(H,20,22)(H,21,23)/t17-/m0/s1. The molecule has 2 aromatic rings. The van der Waals surface area contributed by atoms with Crippen molar-refractivity contribution >= 4 is 11.8 Å². The van der Waals surface area contributed by atoms with Crippen molar-refractivity contribution in [2.75, 3.05) is 0 Å². The van der Waals surface area contributed by atoms with E-state index in [1.54, 1.807) is 12.1 Å². The van der Waals surface area contributed by atoms with Crippen LogP contribution in [0.1, 0.15) is 42.2 Å². The molecule has 2 aromatic carbocycles. The summed E-state index contributed by atoms with van der Waals surface area (Å²) in [5, 5.41) is 5.82. The molecule has 0 spiro atoms. The Morgan fingerprint density at radius 1 is 0.870 bits per heavy atom. The molecule has 0 aromatic heterocycles. The van der Waals surface area contributed by atoms with Crippen LogP contribution in [0.4, 0.5) is 0 Å². The van der Waals surface area contributed by atoms with Gasteiger partial charge >= 0.3 is 0 Å². The minimum Gasteiger partial charge on any atom is -0.354 e. The van der Waals surface area contributed by atoms with Gasteiger partial charge in [0.1, 0.15) is 0 Å². The molecule has 0 heterocycles. The van der Waals surface area contributed by atoms with Crippen molar-refractivity contribution < 1.29 is 9.59 Å². The fourth-order valence-corrected chi connectivity index (χ4v) is 2.33. The fourth-order valence-electron chi connectivity index (χ4n) is 2.33. The van der Waals surface area contributed by atoms with E-state index in [2.05, 4.69) is 10.6 Å². The van der Waals surface area contributed by atoms with Crippen LogP contribution in [-0.2, 0) is 4.79 Å². The zero-order chi connectivity index (χ0) is 16.7. The van der Waals surface area contributed by atoms with Gasteiger partial charge in [-0.05, 0) is 31.5 Å². The Hall–Kier alpha value is -2.62. The summed E-state index contributed by atoms with van der Waals surface area (Å²) in [5.41, 5.74) is 1.49. The summed E-state index contributed by atoms with van der Waals surface area (Å²) in [6.45, 7) is 3.83. The molecule has 0 aliphatic carbocycles. The second kappa shape index (κ2) is 8.13. The fraction of sp³-hybridized carbons (Fsp3) is 0.263. The van der Waals surface area contributed by atoms with Crippen LogP contribution in [0.25, 0.3) is 0 Å². The van der Waals surface area contributed by atoms with Crippen molar-refractivity contribution in [1.82, 2.24) is 10.6 Å². The van der Waals surface area contributed by atoms with Crippen LogP contribution < -0.4 is 10.6 Å². The second-order valence-electron chi connectivity index (χ2n) is 5.73. The molecule has 2 amide bonds. The molecule has 0 unspecified atom stereocenters. The lowest BCUT2D eigenvalue weighted by Gasteiger charge is -2.20. The van der Waals surface area contributed by atoms with E-state index in [9.17, 15) is 9.59 Å². The summed E-state index contributed by atoms with van der Waals surface area (Å²) in [4.78, 5) is 24.5. The molecule has 0 saturated carbocycles. The van der Waals surface area contributed by atoms with Gasteiger partial charge in [-0.3, -0.25) is 9.59 Å². The van der Waals surface area contributed by atoms with E-state index in [0.29, 0.717) is 5.56 Å². The lowest BCUT2D eigenvalue weighted by atomic mass is 10.0. The van der Waals surface area contributed by atoms with Crippen molar-refractivity contribution in [3.05, 3.63) is 71.8 Å². The Kier molecular flexibility index (Phi) is 5.92. The molecule has 0 aliphatic heterocycles. The van der Waals surface area contributed by atoms with Crippen molar-refractivity contribution in [2.24, 2.45) is 0 Å². The van der Waals surface area contributed by atoms with Gasteiger partial charge in [0.25, 0.3) is 5.91 Å². The summed E-state index contributed by atoms with van der Waals surface area (Å²) in [6.07, 6.45) is 0.209. The average Bonchev–Trinajstić information content (AvgIpc) is 2.55. The number of benzene rings is 2. The first-order valence-electron chi connectivity index (χ1n) is 7.76. The Labute approximate surface area is 136 Å². The van der Waals surface area contributed by atoms with Gasteiger partial charge in [-0.15, -0.1) is 0 Å². The molecule has 0 fully saturated rings. The highest BCUT2D eigenvalue weighted by atomic mass is 16.2. The van der Waals surface area contributed by atoms with Gasteiger partial charge in [0, 0.05) is 11.6 Å². The zero-order valence-electron chi connectivity index (χ0n) is 13.5. The lowest BCUT2D eigenvalue weighted by molar-refractivity contribution is -0.122. The van der Waals surface area contributed by atoms with Crippen LogP contribution in [0.15, 0.2) is 60.7 Å². The lowest BCUT2D eigenvalue weighted by Crippen LogP contribution is -2.36. The highest BCUT2D eigenvalue weighted by molar-refractivity contribution is 5.94. The Morgan fingerprint density at radius 3 is 2.00 bits per heavy atom. The van der Waals surface area contributed by atoms with Crippen molar-refractivity contribution in [2.45, 2.75) is 32.4 Å². The number of carbonyl (C=O) groups is 2. The van der Waals surface area contributed by atoms with Crippen molar-refractivity contribution in [1.29, 1.82) is 0 Å². The normalized spacial score (nSPS) is 11.8. The largest absolute Gasteiger partial charge is 0.354 e. The highest BCUT2D eigenvalue weighted by Crippen LogP contribution is 2.17. The SMILES string of the molecule is CC(C)NC(=O)C[C@H](NC(=O)c1ccccc1)c1ccccc1. The second-order valence-corrected chi connectivity index (χ2v) is 5.73. The Morgan fingerprint density at radius 2 is 1.43 bits per heavy atom. The maximum atomic E-state index is 12.4. The molecule has 0 radical (unpaired) electrons. The third kappa shape index (κ3) is 5.25. The topological polar surface area (TPSA) is 58.2 Å². The summed E-state index contributed by atoms with van der Waals surface area (Å²) < 4.78 is 0. The first-order chi connectivity index (χ1) is 11.1. The van der Waals surface area contributed by atoms with E-state index in [4.69, 9.17) is 0 Å². The zero-order valence-corrected chi connectivity index (χ0v) is 13.5. The van der Waals surface area contributed by atoms with Gasteiger partial charge in [-0.25, -0.2) is 0 Å². The summed E-state index contributed by atoms with van der Waals surface area (Å²) >= 11 is 0. The molecular weight excluding hydrogens is 288 g/mol. The first kappa shape index (κ1) is 16.7. The molecule has 1 atom stereocenters. The third-order valence-corrected chi connectivity index (χ3v) is 3.38. The van der Waals surface area contributed by atoms with Gasteiger partial charge in [0.05, 0.1) is 12.5 Å². The van der Waals surface area contributed by atoms with Gasteiger partial charge in [0.2, 0.25) is 5.91 Å². The minimum atomic E-state index is -0.359. The smallest absolute Gasteiger partial charge is 0.251 e. The molecule has 2 rings (SSSR count). The van der Waals surface area contributed by atoms with Crippen LogP contribution >= 0.6 is 0 Å². The predicted molar refractivity (Wildman–Crippen MR) is 91.0 cm³/mol. The van der Waals surface area contributed by atoms with Gasteiger partial charge in [-0.2, -0.15) is 0 Å². The number of amides is 2. The Balaban J connectivity index is 2.14. The molecule has 0 bridgehead atoms. The number of hydrogen-bond acceptors (Lipinski definition) is 2. The predicted octanol–water partition coefficient (Wildman–Crippen LogP) is 3.07. The van der Waals surface area contributed by atoms with E-state index in [0.717, 1.165) is 5.56 Å². The number of carbonyl (C=O) groups excluding carboxylic acids is 2. The van der Waals surface area contributed by atoms with Crippen LogP contribution in [0, 0.1) is 0 Å². The van der Waals surface area contributed by atoms with Crippen LogP contribution in [0.3, 0.4) is 0 Å². The maximum absolute atomic E-state index is 12.4. The van der Waals surface area contributed by atoms with Crippen LogP contribution in [0.5, 0.6) is 0 Å². The molecule has 0 aliphatic rings. The molecular formula is C19H22N2O2. The van der Waals surface area contributed by atoms with E-state index < -0.39 is 0 Å². The van der Waals surface area contributed by atoms with Crippen molar-refractivity contribution in [3.8, 4) is 0 Å². The summed E-state index contributed by atoms with van der Waals surface area (Å²) in [6, 6.07) is 18.3. The van der Waals surface area contributed by atoms with E-state index in [-0.39, 0.29) is 30.3 Å². The van der Waals surface area contributed by atoms with Gasteiger partial charge < -0.3 is 10.6 Å². The number of nitrogens with one attached hydrogen (secondary N) is 2. The minimum absolute atomic E-state index is 0.0729. The summed E-state index contributed by atoms with van der Waals surface area (Å²) in [7, 11) is 0. The Bertz CT molecular complexity index is 639. The average molecular weight is 310 g/mol. The van der Waals surface area contributed by atoms with E-state index in [1.165, 1.54) is 0 Å². The monoisotopic (exact) mass is 310 g/mol. The third-order valence-electron chi connectivity index (χ3n) is 3.38. The number of hydrogen-bond donors (Lipinski definition) is 2. The van der Waals surface area contributed by atoms with E-state index in [1.807, 2.05) is 62.4 Å². The first-order valence-corrected chi connectivity index (χ1v) is 7.76. The molecule has 120 valence electrons.